The number of rotatable bonds is 6. The third-order valence-corrected chi connectivity index (χ3v) is 3.72. The van der Waals surface area contributed by atoms with E-state index in [0.717, 1.165) is 46.7 Å². The molecule has 0 spiro atoms. The zero-order valence-corrected chi connectivity index (χ0v) is 14.4. The van der Waals surface area contributed by atoms with Crippen molar-refractivity contribution in [2.75, 3.05) is 6.54 Å². The molecule has 21 heavy (non-hydrogen) atoms. The van der Waals surface area contributed by atoms with E-state index in [0.29, 0.717) is 0 Å². The van der Waals surface area contributed by atoms with E-state index < -0.39 is 0 Å². The molecule has 0 bridgehead atoms. The van der Waals surface area contributed by atoms with Crippen molar-refractivity contribution in [1.82, 2.24) is 5.32 Å². The minimum Gasteiger partial charge on any atom is -0.460 e. The maximum absolute atomic E-state index is 6.15. The van der Waals surface area contributed by atoms with Crippen LogP contribution in [0.1, 0.15) is 31.6 Å². The van der Waals surface area contributed by atoms with Gasteiger partial charge >= 0.3 is 0 Å². The Balaban J connectivity index is 0.00000220. The molecule has 116 valence electrons. The van der Waals surface area contributed by atoms with Gasteiger partial charge in [-0.1, -0.05) is 37.6 Å². The largest absolute Gasteiger partial charge is 0.460 e. The number of nitrogens with one attached hydrogen (secondary N) is 1. The maximum atomic E-state index is 6.15. The van der Waals surface area contributed by atoms with Gasteiger partial charge in [0.05, 0.1) is 6.54 Å². The van der Waals surface area contributed by atoms with E-state index in [1.54, 1.807) is 0 Å². The van der Waals surface area contributed by atoms with Crippen LogP contribution in [0.25, 0.3) is 11.3 Å². The number of hydrogen-bond donors (Lipinski definition) is 1. The summed E-state index contributed by atoms with van der Waals surface area (Å²) in [6.07, 6.45) is 1.18. The van der Waals surface area contributed by atoms with E-state index in [1.165, 1.54) is 6.42 Å². The fraction of sp³-hybridized carbons (Fsp3) is 0.412. The highest BCUT2D eigenvalue weighted by atomic mass is 35.5. The van der Waals surface area contributed by atoms with Gasteiger partial charge in [0, 0.05) is 10.6 Å². The van der Waals surface area contributed by atoms with E-state index in [1.807, 2.05) is 37.3 Å². The predicted octanol–water partition coefficient (Wildman–Crippen LogP) is 5.47. The Kier molecular flexibility index (Phi) is 7.30. The lowest BCUT2D eigenvalue weighted by molar-refractivity contribution is 0.474. The fourth-order valence-corrected chi connectivity index (χ4v) is 2.16. The van der Waals surface area contributed by atoms with Crippen molar-refractivity contribution in [1.29, 1.82) is 0 Å². The molecule has 0 amide bonds. The summed E-state index contributed by atoms with van der Waals surface area (Å²) >= 11 is 6.15. The fourth-order valence-electron chi connectivity index (χ4n) is 1.98. The lowest BCUT2D eigenvalue weighted by Crippen LogP contribution is -2.15. The highest BCUT2D eigenvalue weighted by Crippen LogP contribution is 2.26. The van der Waals surface area contributed by atoms with E-state index >= 15 is 0 Å². The summed E-state index contributed by atoms with van der Waals surface area (Å²) in [6.45, 7) is 8.25. The molecule has 0 aliphatic heterocycles. The predicted molar refractivity (Wildman–Crippen MR) is 92.3 cm³/mol. The molecule has 4 heteroatoms. The highest BCUT2D eigenvalue weighted by molar-refractivity contribution is 6.31. The van der Waals surface area contributed by atoms with Gasteiger partial charge in [0.15, 0.2) is 0 Å². The standard InChI is InChI=1S/C17H22ClNO.ClH/c1-12(2)8-9-19-11-15-6-7-17(20-15)14-5-4-13(3)16(18)10-14;/h4-7,10,12,19H,8-9,11H2,1-3H3;1H. The van der Waals surface area contributed by atoms with Gasteiger partial charge < -0.3 is 9.73 Å². The van der Waals surface area contributed by atoms with Crippen LogP contribution >= 0.6 is 24.0 Å². The van der Waals surface area contributed by atoms with Crippen LogP contribution in [0.4, 0.5) is 0 Å². The van der Waals surface area contributed by atoms with Crippen molar-refractivity contribution in [3.63, 3.8) is 0 Å². The molecule has 0 atom stereocenters. The van der Waals surface area contributed by atoms with Gasteiger partial charge in [-0.05, 0) is 49.6 Å². The average Bonchev–Trinajstić information content (AvgIpc) is 2.86. The van der Waals surface area contributed by atoms with Gasteiger partial charge in [-0.15, -0.1) is 12.4 Å². The van der Waals surface area contributed by atoms with Crippen LogP contribution in [-0.2, 0) is 6.54 Å². The summed E-state index contributed by atoms with van der Waals surface area (Å²) < 4.78 is 5.85. The van der Waals surface area contributed by atoms with Crippen molar-refractivity contribution >= 4 is 24.0 Å². The first kappa shape index (κ1) is 18.1. The first-order valence-corrected chi connectivity index (χ1v) is 7.50. The summed E-state index contributed by atoms with van der Waals surface area (Å²) in [7, 11) is 0. The van der Waals surface area contributed by atoms with Gasteiger partial charge in [0.2, 0.25) is 0 Å². The molecular weight excluding hydrogens is 305 g/mol. The summed E-state index contributed by atoms with van der Waals surface area (Å²) in [5, 5.41) is 4.17. The van der Waals surface area contributed by atoms with E-state index in [4.69, 9.17) is 16.0 Å². The lowest BCUT2D eigenvalue weighted by atomic mass is 10.1. The SMILES string of the molecule is Cc1ccc(-c2ccc(CNCCC(C)C)o2)cc1Cl.Cl. The first-order valence-electron chi connectivity index (χ1n) is 7.12. The number of furan rings is 1. The van der Waals surface area contributed by atoms with Crippen LogP contribution in [-0.4, -0.2) is 6.54 Å². The second-order valence-electron chi connectivity index (χ2n) is 5.59. The summed E-state index contributed by atoms with van der Waals surface area (Å²) in [5.74, 6) is 2.55. The molecule has 0 radical (unpaired) electrons. The monoisotopic (exact) mass is 327 g/mol. The molecule has 2 nitrogen and oxygen atoms in total. The average molecular weight is 328 g/mol. The molecule has 0 saturated carbocycles. The van der Waals surface area contributed by atoms with Gasteiger partial charge in [-0.2, -0.15) is 0 Å². The first-order chi connectivity index (χ1) is 9.56. The minimum atomic E-state index is 0. The maximum Gasteiger partial charge on any atom is 0.134 e. The molecule has 0 aliphatic carbocycles. The quantitative estimate of drug-likeness (QED) is 0.712. The number of aryl methyl sites for hydroxylation is 1. The van der Waals surface area contributed by atoms with Crippen LogP contribution in [0, 0.1) is 12.8 Å². The van der Waals surface area contributed by atoms with Crippen molar-refractivity contribution in [2.24, 2.45) is 5.92 Å². The Morgan fingerprint density at radius 2 is 1.95 bits per heavy atom. The lowest BCUT2D eigenvalue weighted by Gasteiger charge is -2.05. The Morgan fingerprint density at radius 3 is 2.62 bits per heavy atom. The third-order valence-electron chi connectivity index (χ3n) is 3.32. The number of hydrogen-bond acceptors (Lipinski definition) is 2. The number of benzene rings is 1. The molecule has 0 aliphatic rings. The topological polar surface area (TPSA) is 25.2 Å². The molecule has 1 N–H and O–H groups in total. The normalized spacial score (nSPS) is 10.7. The Labute approximate surface area is 138 Å². The molecule has 2 aromatic rings. The smallest absolute Gasteiger partial charge is 0.134 e. The van der Waals surface area contributed by atoms with E-state index in [-0.39, 0.29) is 12.4 Å². The van der Waals surface area contributed by atoms with Crippen molar-refractivity contribution < 1.29 is 4.42 Å². The van der Waals surface area contributed by atoms with Crippen LogP contribution in [0.2, 0.25) is 5.02 Å². The van der Waals surface area contributed by atoms with Crippen molar-refractivity contribution in [3.05, 3.63) is 46.7 Å². The Hall–Kier alpha value is -0.960. The molecule has 1 aromatic heterocycles. The van der Waals surface area contributed by atoms with Crippen LogP contribution in [0.3, 0.4) is 0 Å². The Bertz CT molecular complexity index is 564. The molecular formula is C17H23Cl2NO. The van der Waals surface area contributed by atoms with Gasteiger partial charge in [0.1, 0.15) is 11.5 Å². The second kappa shape index (κ2) is 8.47. The highest BCUT2D eigenvalue weighted by Gasteiger charge is 2.06. The van der Waals surface area contributed by atoms with Gasteiger partial charge in [-0.25, -0.2) is 0 Å². The summed E-state index contributed by atoms with van der Waals surface area (Å²) in [5.41, 5.74) is 2.10. The van der Waals surface area contributed by atoms with Gasteiger partial charge in [-0.3, -0.25) is 0 Å². The van der Waals surface area contributed by atoms with Crippen LogP contribution in [0.5, 0.6) is 0 Å². The van der Waals surface area contributed by atoms with Gasteiger partial charge in [0.25, 0.3) is 0 Å². The third kappa shape index (κ3) is 5.39. The Morgan fingerprint density at radius 1 is 1.19 bits per heavy atom. The molecule has 0 fully saturated rings. The number of halogens is 2. The zero-order chi connectivity index (χ0) is 14.5. The summed E-state index contributed by atoms with van der Waals surface area (Å²) in [6, 6.07) is 10.0. The molecule has 1 heterocycles. The van der Waals surface area contributed by atoms with Crippen LogP contribution < -0.4 is 5.32 Å². The molecule has 1 aromatic carbocycles. The minimum absolute atomic E-state index is 0. The van der Waals surface area contributed by atoms with Crippen molar-refractivity contribution in [3.8, 4) is 11.3 Å². The second-order valence-corrected chi connectivity index (χ2v) is 6.00. The molecule has 0 saturated heterocycles. The van der Waals surface area contributed by atoms with Crippen LogP contribution in [0.15, 0.2) is 34.7 Å². The molecule has 0 unspecified atom stereocenters. The zero-order valence-electron chi connectivity index (χ0n) is 12.8. The van der Waals surface area contributed by atoms with E-state index in [2.05, 4.69) is 19.2 Å². The van der Waals surface area contributed by atoms with E-state index in [9.17, 15) is 0 Å². The summed E-state index contributed by atoms with van der Waals surface area (Å²) in [4.78, 5) is 0. The molecule has 2 rings (SSSR count). The van der Waals surface area contributed by atoms with Crippen molar-refractivity contribution in [2.45, 2.75) is 33.7 Å².